The second-order valence-corrected chi connectivity index (χ2v) is 5.33. The molecule has 0 saturated heterocycles. The highest BCUT2D eigenvalue weighted by Gasteiger charge is 2.28. The van der Waals surface area contributed by atoms with Crippen LogP contribution in [0.1, 0.15) is 22.8 Å². The van der Waals surface area contributed by atoms with Gasteiger partial charge in [-0.05, 0) is 48.2 Å². The fourth-order valence-electron chi connectivity index (χ4n) is 2.74. The van der Waals surface area contributed by atoms with Gasteiger partial charge in [-0.2, -0.15) is 0 Å². The molecule has 0 aliphatic carbocycles. The van der Waals surface area contributed by atoms with Crippen molar-refractivity contribution in [1.29, 1.82) is 0 Å². The third kappa shape index (κ3) is 2.41. The van der Waals surface area contributed by atoms with Crippen molar-refractivity contribution in [3.8, 4) is 5.75 Å². The van der Waals surface area contributed by atoms with Crippen molar-refractivity contribution in [3.63, 3.8) is 0 Å². The number of fused-ring (bicyclic) bond motifs is 1. The van der Waals surface area contributed by atoms with Gasteiger partial charge in [-0.15, -0.1) is 0 Å². The number of aliphatic hydroxyl groups excluding tert-OH is 1. The lowest BCUT2D eigenvalue weighted by atomic mass is 9.87. The van der Waals surface area contributed by atoms with Gasteiger partial charge in [0.2, 0.25) is 0 Å². The second-order valence-electron chi connectivity index (χ2n) is 5.33. The van der Waals surface area contributed by atoms with Crippen LogP contribution in [0.3, 0.4) is 0 Å². The van der Waals surface area contributed by atoms with Gasteiger partial charge in [0.1, 0.15) is 11.6 Å². The van der Waals surface area contributed by atoms with E-state index in [1.165, 1.54) is 12.1 Å². The summed E-state index contributed by atoms with van der Waals surface area (Å²) in [5.74, 6) is 0.513. The Morgan fingerprint density at radius 2 is 2.05 bits per heavy atom. The number of ether oxygens (including phenoxy) is 1. The maximum Gasteiger partial charge on any atom is 0.123 e. The van der Waals surface area contributed by atoms with Crippen LogP contribution in [0.4, 0.5) is 4.39 Å². The Labute approximate surface area is 117 Å². The molecule has 2 aromatic carbocycles. The van der Waals surface area contributed by atoms with Gasteiger partial charge in [-0.1, -0.05) is 24.3 Å². The molecule has 2 atom stereocenters. The van der Waals surface area contributed by atoms with Crippen LogP contribution < -0.4 is 4.74 Å². The summed E-state index contributed by atoms with van der Waals surface area (Å²) in [7, 11) is 0. The van der Waals surface area contributed by atoms with Crippen LogP contribution in [0, 0.1) is 18.7 Å². The molecule has 0 radical (unpaired) electrons. The van der Waals surface area contributed by atoms with Gasteiger partial charge in [0.05, 0.1) is 12.7 Å². The highest BCUT2D eigenvalue weighted by Crippen LogP contribution is 2.34. The van der Waals surface area contributed by atoms with Gasteiger partial charge in [0.15, 0.2) is 0 Å². The van der Waals surface area contributed by atoms with Gasteiger partial charge in [0.25, 0.3) is 0 Å². The largest absolute Gasteiger partial charge is 0.493 e. The fourth-order valence-corrected chi connectivity index (χ4v) is 2.74. The highest BCUT2D eigenvalue weighted by atomic mass is 19.1. The van der Waals surface area contributed by atoms with E-state index in [2.05, 4.69) is 0 Å². The predicted molar refractivity (Wildman–Crippen MR) is 75.2 cm³/mol. The number of rotatable bonds is 2. The Balaban J connectivity index is 1.85. The van der Waals surface area contributed by atoms with Gasteiger partial charge in [-0.3, -0.25) is 0 Å². The second kappa shape index (κ2) is 5.25. The molecule has 20 heavy (non-hydrogen) atoms. The summed E-state index contributed by atoms with van der Waals surface area (Å²) in [4.78, 5) is 0. The Bertz CT molecular complexity index is 624. The first-order valence-electron chi connectivity index (χ1n) is 6.80. The summed E-state index contributed by atoms with van der Waals surface area (Å²) < 4.78 is 19.1. The van der Waals surface area contributed by atoms with Gasteiger partial charge < -0.3 is 9.84 Å². The number of hydrogen-bond donors (Lipinski definition) is 1. The van der Waals surface area contributed by atoms with Crippen LogP contribution in [0.5, 0.6) is 5.75 Å². The van der Waals surface area contributed by atoms with Crippen molar-refractivity contribution >= 4 is 0 Å². The molecule has 2 aromatic rings. The Morgan fingerprint density at radius 3 is 2.90 bits per heavy atom. The Kier molecular flexibility index (Phi) is 3.45. The van der Waals surface area contributed by atoms with Crippen molar-refractivity contribution in [2.24, 2.45) is 5.92 Å². The Hall–Kier alpha value is -1.87. The molecular weight excluding hydrogens is 255 g/mol. The van der Waals surface area contributed by atoms with Crippen LogP contribution in [0.15, 0.2) is 42.5 Å². The smallest absolute Gasteiger partial charge is 0.123 e. The van der Waals surface area contributed by atoms with Gasteiger partial charge >= 0.3 is 0 Å². The topological polar surface area (TPSA) is 29.5 Å². The van der Waals surface area contributed by atoms with Crippen molar-refractivity contribution in [3.05, 3.63) is 65.0 Å². The average Bonchev–Trinajstić information content (AvgIpc) is 2.48. The maximum atomic E-state index is 13.4. The molecule has 0 aromatic heterocycles. The van der Waals surface area contributed by atoms with E-state index in [0.717, 1.165) is 23.3 Å². The molecule has 0 spiro atoms. The van der Waals surface area contributed by atoms with E-state index < -0.39 is 6.10 Å². The molecule has 0 fully saturated rings. The lowest BCUT2D eigenvalue weighted by Gasteiger charge is -2.29. The summed E-state index contributed by atoms with van der Waals surface area (Å²) in [5.41, 5.74) is 2.65. The summed E-state index contributed by atoms with van der Waals surface area (Å²) in [6, 6.07) is 12.4. The lowest BCUT2D eigenvalue weighted by molar-refractivity contribution is 0.0638. The van der Waals surface area contributed by atoms with Crippen LogP contribution in [0.2, 0.25) is 0 Å². The van der Waals surface area contributed by atoms with Crippen LogP contribution in [-0.4, -0.2) is 11.7 Å². The van der Waals surface area contributed by atoms with Crippen molar-refractivity contribution < 1.29 is 14.2 Å². The molecule has 0 amide bonds. The maximum absolute atomic E-state index is 13.4. The summed E-state index contributed by atoms with van der Waals surface area (Å²) in [5, 5.41) is 10.5. The number of aryl methyl sites for hydroxylation is 1. The summed E-state index contributed by atoms with van der Waals surface area (Å²) in [6.07, 6.45) is 0.0341. The number of para-hydroxylation sites is 1. The van der Waals surface area contributed by atoms with Crippen molar-refractivity contribution in [2.75, 3.05) is 6.61 Å². The number of halogens is 1. The third-order valence-corrected chi connectivity index (χ3v) is 3.91. The number of benzene rings is 2. The minimum atomic E-state index is -0.709. The number of hydrogen-bond acceptors (Lipinski definition) is 2. The van der Waals surface area contributed by atoms with E-state index in [9.17, 15) is 9.50 Å². The van der Waals surface area contributed by atoms with E-state index in [1.807, 2.05) is 31.2 Å². The standard InChI is InChI=1S/C17H17FO2/c1-11-6-7-14(18)9-15(11)17(19)13-8-12-4-2-3-5-16(12)20-10-13/h2-7,9,13,17,19H,8,10H2,1H3. The minimum absolute atomic E-state index is 0.0506. The lowest BCUT2D eigenvalue weighted by Crippen LogP contribution is -2.27. The zero-order valence-electron chi connectivity index (χ0n) is 11.3. The number of aliphatic hydroxyl groups is 1. The normalized spacial score (nSPS) is 19.1. The molecule has 0 saturated carbocycles. The molecule has 3 rings (SSSR count). The van der Waals surface area contributed by atoms with Crippen molar-refractivity contribution in [1.82, 2.24) is 0 Å². The third-order valence-electron chi connectivity index (χ3n) is 3.91. The van der Waals surface area contributed by atoms with Crippen LogP contribution >= 0.6 is 0 Å². The quantitative estimate of drug-likeness (QED) is 0.907. The molecular formula is C17H17FO2. The molecule has 1 N–H and O–H groups in total. The monoisotopic (exact) mass is 272 g/mol. The zero-order chi connectivity index (χ0) is 14.1. The molecule has 2 unspecified atom stereocenters. The summed E-state index contributed by atoms with van der Waals surface area (Å²) >= 11 is 0. The van der Waals surface area contributed by atoms with E-state index in [1.54, 1.807) is 6.07 Å². The van der Waals surface area contributed by atoms with E-state index in [4.69, 9.17) is 4.74 Å². The van der Waals surface area contributed by atoms with Crippen LogP contribution in [-0.2, 0) is 6.42 Å². The molecule has 1 heterocycles. The molecule has 3 heteroatoms. The first-order chi connectivity index (χ1) is 9.65. The fraction of sp³-hybridized carbons (Fsp3) is 0.294. The SMILES string of the molecule is Cc1ccc(F)cc1C(O)C1COc2ccccc2C1. The average molecular weight is 272 g/mol. The Morgan fingerprint density at radius 1 is 1.25 bits per heavy atom. The molecule has 104 valence electrons. The molecule has 2 nitrogen and oxygen atoms in total. The van der Waals surface area contributed by atoms with E-state index in [0.29, 0.717) is 12.2 Å². The minimum Gasteiger partial charge on any atom is -0.493 e. The highest BCUT2D eigenvalue weighted by molar-refractivity contribution is 5.36. The molecule has 1 aliphatic heterocycles. The zero-order valence-corrected chi connectivity index (χ0v) is 11.3. The molecule has 1 aliphatic rings. The molecule has 0 bridgehead atoms. The first-order valence-corrected chi connectivity index (χ1v) is 6.80. The van der Waals surface area contributed by atoms with Crippen molar-refractivity contribution in [2.45, 2.75) is 19.4 Å². The van der Waals surface area contributed by atoms with Gasteiger partial charge in [-0.25, -0.2) is 4.39 Å². The summed E-state index contributed by atoms with van der Waals surface area (Å²) in [6.45, 7) is 2.34. The van der Waals surface area contributed by atoms with E-state index >= 15 is 0 Å². The van der Waals surface area contributed by atoms with Gasteiger partial charge in [0, 0.05) is 5.92 Å². The first kappa shape index (κ1) is 13.1. The predicted octanol–water partition coefficient (Wildman–Crippen LogP) is 3.42. The van der Waals surface area contributed by atoms with Crippen LogP contribution in [0.25, 0.3) is 0 Å². The van der Waals surface area contributed by atoms with E-state index in [-0.39, 0.29) is 11.7 Å².